The summed E-state index contributed by atoms with van der Waals surface area (Å²) in [5.74, 6) is 0.0703. The summed E-state index contributed by atoms with van der Waals surface area (Å²) in [6.07, 6.45) is 4.83. The molecule has 23 heavy (non-hydrogen) atoms. The molecule has 0 saturated carbocycles. The van der Waals surface area contributed by atoms with Crippen LogP contribution < -0.4 is 0 Å². The zero-order valence-corrected chi connectivity index (χ0v) is 13.8. The van der Waals surface area contributed by atoms with Gasteiger partial charge < -0.3 is 9.47 Å². The third kappa shape index (κ3) is 3.11. The molecule has 2 heterocycles. The normalized spacial score (nSPS) is 10.9. The molecule has 0 saturated heterocycles. The molecular weight excluding hydrogens is 286 g/mol. The van der Waals surface area contributed by atoms with Crippen molar-refractivity contribution in [2.75, 3.05) is 14.1 Å². The Labute approximate surface area is 136 Å². The predicted molar refractivity (Wildman–Crippen MR) is 93.2 cm³/mol. The summed E-state index contributed by atoms with van der Waals surface area (Å²) in [6, 6.07) is 12.6. The first-order valence-corrected chi connectivity index (χ1v) is 7.83. The molecule has 0 bridgehead atoms. The molecule has 4 nitrogen and oxygen atoms in total. The largest absolute Gasteiger partial charge is 0.347 e. The molecule has 0 aliphatic carbocycles. The SMILES string of the molecule is CCc1cccc(-c2cnc3ccn(CC(=O)N(C)C)c3c2)c1. The highest BCUT2D eigenvalue weighted by Gasteiger charge is 2.10. The maximum absolute atomic E-state index is 12.0. The number of rotatable bonds is 4. The highest BCUT2D eigenvalue weighted by Crippen LogP contribution is 2.24. The Kier molecular flexibility index (Phi) is 4.15. The third-order valence-corrected chi connectivity index (χ3v) is 4.09. The van der Waals surface area contributed by atoms with E-state index >= 15 is 0 Å². The molecule has 0 N–H and O–H groups in total. The van der Waals surface area contributed by atoms with Crippen molar-refractivity contribution in [2.24, 2.45) is 0 Å². The van der Waals surface area contributed by atoms with Gasteiger partial charge in [0, 0.05) is 32.1 Å². The Morgan fingerprint density at radius 2 is 2.00 bits per heavy atom. The van der Waals surface area contributed by atoms with Gasteiger partial charge in [0.25, 0.3) is 0 Å². The molecule has 0 unspecified atom stereocenters. The molecule has 118 valence electrons. The third-order valence-electron chi connectivity index (χ3n) is 4.09. The van der Waals surface area contributed by atoms with Gasteiger partial charge in [-0.3, -0.25) is 9.78 Å². The fourth-order valence-corrected chi connectivity index (χ4v) is 2.62. The monoisotopic (exact) mass is 307 g/mol. The zero-order chi connectivity index (χ0) is 16.4. The fraction of sp³-hybridized carbons (Fsp3) is 0.263. The molecule has 0 atom stereocenters. The van der Waals surface area contributed by atoms with Gasteiger partial charge in [0.1, 0.15) is 6.54 Å². The summed E-state index contributed by atoms with van der Waals surface area (Å²) >= 11 is 0. The van der Waals surface area contributed by atoms with Gasteiger partial charge in [0.2, 0.25) is 5.91 Å². The van der Waals surface area contributed by atoms with Gasteiger partial charge in [-0.1, -0.05) is 31.2 Å². The van der Waals surface area contributed by atoms with Gasteiger partial charge in [-0.05, 0) is 29.7 Å². The Bertz CT molecular complexity index is 849. The molecule has 0 spiro atoms. The van der Waals surface area contributed by atoms with Gasteiger partial charge in [0.15, 0.2) is 0 Å². The van der Waals surface area contributed by atoms with Crippen LogP contribution >= 0.6 is 0 Å². The Morgan fingerprint density at radius 3 is 2.74 bits per heavy atom. The van der Waals surface area contributed by atoms with Crippen molar-refractivity contribution < 1.29 is 4.79 Å². The molecule has 0 radical (unpaired) electrons. The lowest BCUT2D eigenvalue weighted by Gasteiger charge is -2.12. The van der Waals surface area contributed by atoms with Crippen LogP contribution in [-0.2, 0) is 17.8 Å². The van der Waals surface area contributed by atoms with E-state index in [1.807, 2.05) is 23.0 Å². The van der Waals surface area contributed by atoms with Crippen molar-refractivity contribution in [3.05, 3.63) is 54.4 Å². The smallest absolute Gasteiger partial charge is 0.241 e. The van der Waals surface area contributed by atoms with Crippen LogP contribution in [0, 0.1) is 0 Å². The van der Waals surface area contributed by atoms with Crippen LogP contribution in [0.3, 0.4) is 0 Å². The number of pyridine rings is 1. The van der Waals surface area contributed by atoms with E-state index in [1.54, 1.807) is 19.0 Å². The minimum Gasteiger partial charge on any atom is -0.347 e. The first-order chi connectivity index (χ1) is 11.1. The minimum atomic E-state index is 0.0703. The number of benzene rings is 1. The Balaban J connectivity index is 2.01. The molecule has 1 amide bonds. The number of amides is 1. The van der Waals surface area contributed by atoms with Gasteiger partial charge in [-0.25, -0.2) is 0 Å². The summed E-state index contributed by atoms with van der Waals surface area (Å²) in [4.78, 5) is 18.1. The number of carbonyl (C=O) groups excluding carboxylic acids is 1. The van der Waals surface area contributed by atoms with Crippen LogP contribution in [0.4, 0.5) is 0 Å². The molecule has 0 fully saturated rings. The Morgan fingerprint density at radius 1 is 1.17 bits per heavy atom. The summed E-state index contributed by atoms with van der Waals surface area (Å²) in [6.45, 7) is 2.48. The zero-order valence-electron chi connectivity index (χ0n) is 13.8. The second kappa shape index (κ2) is 6.24. The summed E-state index contributed by atoms with van der Waals surface area (Å²) in [7, 11) is 3.54. The lowest BCUT2D eigenvalue weighted by atomic mass is 10.0. The summed E-state index contributed by atoms with van der Waals surface area (Å²) in [5, 5.41) is 0. The lowest BCUT2D eigenvalue weighted by Crippen LogP contribution is -2.25. The molecule has 4 heteroatoms. The molecule has 2 aromatic heterocycles. The van der Waals surface area contributed by atoms with Crippen LogP contribution in [0.1, 0.15) is 12.5 Å². The van der Waals surface area contributed by atoms with E-state index in [9.17, 15) is 4.79 Å². The van der Waals surface area contributed by atoms with Crippen molar-refractivity contribution in [3.63, 3.8) is 0 Å². The van der Waals surface area contributed by atoms with Crippen molar-refractivity contribution in [1.82, 2.24) is 14.5 Å². The van der Waals surface area contributed by atoms with Gasteiger partial charge >= 0.3 is 0 Å². The van der Waals surface area contributed by atoms with Crippen LogP contribution in [0.2, 0.25) is 0 Å². The quantitative estimate of drug-likeness (QED) is 0.741. The van der Waals surface area contributed by atoms with Crippen molar-refractivity contribution >= 4 is 16.9 Å². The van der Waals surface area contributed by atoms with Crippen molar-refractivity contribution in [1.29, 1.82) is 0 Å². The van der Waals surface area contributed by atoms with E-state index < -0.39 is 0 Å². The number of carbonyl (C=O) groups is 1. The number of aryl methyl sites for hydroxylation is 1. The first-order valence-electron chi connectivity index (χ1n) is 7.83. The van der Waals surface area contributed by atoms with E-state index in [-0.39, 0.29) is 5.91 Å². The molecule has 3 aromatic rings. The highest BCUT2D eigenvalue weighted by molar-refractivity contribution is 5.84. The Hall–Kier alpha value is -2.62. The average Bonchev–Trinajstić information content (AvgIpc) is 2.97. The topological polar surface area (TPSA) is 38.1 Å². The van der Waals surface area contributed by atoms with E-state index in [1.165, 1.54) is 5.56 Å². The van der Waals surface area contributed by atoms with Crippen LogP contribution in [0.5, 0.6) is 0 Å². The van der Waals surface area contributed by atoms with Crippen molar-refractivity contribution in [3.8, 4) is 11.1 Å². The lowest BCUT2D eigenvalue weighted by molar-refractivity contribution is -0.129. The maximum atomic E-state index is 12.0. The number of likely N-dealkylation sites (N-methyl/N-ethyl adjacent to an activating group) is 1. The standard InChI is InChI=1S/C19H21N3O/c1-4-14-6-5-7-15(10-14)16-11-18-17(20-12-16)8-9-22(18)13-19(23)21(2)3/h5-12H,4,13H2,1-3H3. The summed E-state index contributed by atoms with van der Waals surface area (Å²) in [5.41, 5.74) is 5.43. The molecule has 0 aliphatic heterocycles. The van der Waals surface area contributed by atoms with Crippen LogP contribution in [0.15, 0.2) is 48.8 Å². The number of hydrogen-bond donors (Lipinski definition) is 0. The van der Waals surface area contributed by atoms with E-state index in [2.05, 4.69) is 42.2 Å². The number of fused-ring (bicyclic) bond motifs is 1. The predicted octanol–water partition coefficient (Wildman–Crippen LogP) is 3.35. The van der Waals surface area contributed by atoms with Gasteiger partial charge in [-0.15, -0.1) is 0 Å². The molecule has 1 aromatic carbocycles. The fourth-order valence-electron chi connectivity index (χ4n) is 2.62. The second-order valence-electron chi connectivity index (χ2n) is 5.91. The second-order valence-corrected chi connectivity index (χ2v) is 5.91. The minimum absolute atomic E-state index is 0.0703. The van der Waals surface area contributed by atoms with Gasteiger partial charge in [-0.2, -0.15) is 0 Å². The maximum Gasteiger partial charge on any atom is 0.241 e. The van der Waals surface area contributed by atoms with Crippen LogP contribution in [-0.4, -0.2) is 34.5 Å². The molecule has 3 rings (SSSR count). The number of aromatic nitrogens is 2. The number of hydrogen-bond acceptors (Lipinski definition) is 2. The van der Waals surface area contributed by atoms with E-state index in [4.69, 9.17) is 0 Å². The van der Waals surface area contributed by atoms with E-state index in [0.717, 1.165) is 28.6 Å². The average molecular weight is 307 g/mol. The van der Waals surface area contributed by atoms with Crippen molar-refractivity contribution in [2.45, 2.75) is 19.9 Å². The highest BCUT2D eigenvalue weighted by atomic mass is 16.2. The molecule has 0 aliphatic rings. The number of nitrogens with zero attached hydrogens (tertiary/aromatic N) is 3. The van der Waals surface area contributed by atoms with Gasteiger partial charge in [0.05, 0.1) is 11.0 Å². The first kappa shape index (κ1) is 15.3. The van der Waals surface area contributed by atoms with E-state index in [0.29, 0.717) is 6.54 Å². The van der Waals surface area contributed by atoms with Crippen LogP contribution in [0.25, 0.3) is 22.2 Å². The molecular formula is C19H21N3O. The summed E-state index contributed by atoms with van der Waals surface area (Å²) < 4.78 is 1.96.